The van der Waals surface area contributed by atoms with Crippen LogP contribution in [0, 0.1) is 0 Å². The predicted octanol–water partition coefficient (Wildman–Crippen LogP) is -0.801. The zero-order valence-corrected chi connectivity index (χ0v) is 10.5. The number of hydrogen-bond acceptors (Lipinski definition) is 4. The maximum atomic E-state index is 11.2. The van der Waals surface area contributed by atoms with E-state index in [2.05, 4.69) is 14.8 Å². The maximum Gasteiger partial charge on any atom is 0.276 e. The van der Waals surface area contributed by atoms with Crippen LogP contribution in [0.4, 0.5) is 0 Å². The summed E-state index contributed by atoms with van der Waals surface area (Å²) in [7, 11) is -3.33. The van der Waals surface area contributed by atoms with E-state index >= 15 is 0 Å². The average molecular weight is 251 g/mol. The first-order valence-electron chi connectivity index (χ1n) is 5.70. The normalized spacial score (nSPS) is 18.8. The Morgan fingerprint density at radius 1 is 1.31 bits per heavy atom. The lowest BCUT2D eigenvalue weighted by atomic mass is 10.1. The molecule has 1 aliphatic heterocycles. The molecule has 0 aromatic rings. The molecule has 0 aliphatic carbocycles. The lowest BCUT2D eigenvalue weighted by Gasteiger charge is -2.22. The summed E-state index contributed by atoms with van der Waals surface area (Å²) in [6.07, 6.45) is 2.27. The van der Waals surface area contributed by atoms with Gasteiger partial charge in [-0.3, -0.25) is 0 Å². The summed E-state index contributed by atoms with van der Waals surface area (Å²) < 4.78 is 32.7. The summed E-state index contributed by atoms with van der Waals surface area (Å²) >= 11 is 0. The molecule has 0 bridgehead atoms. The highest BCUT2D eigenvalue weighted by Gasteiger charge is 2.13. The van der Waals surface area contributed by atoms with Gasteiger partial charge < -0.3 is 10.1 Å². The van der Waals surface area contributed by atoms with Crippen LogP contribution in [-0.4, -0.2) is 47.3 Å². The molecule has 6 nitrogen and oxygen atoms in total. The molecule has 0 spiro atoms. The zero-order chi connectivity index (χ0) is 11.9. The SMILES string of the molecule is CCNS(=O)(=O)NCCOC1CCNCC1. The van der Waals surface area contributed by atoms with Gasteiger partial charge in [0.2, 0.25) is 0 Å². The molecule has 96 valence electrons. The lowest BCUT2D eigenvalue weighted by Crippen LogP contribution is -2.39. The van der Waals surface area contributed by atoms with E-state index in [1.165, 1.54) is 0 Å². The number of ether oxygens (including phenoxy) is 1. The van der Waals surface area contributed by atoms with Gasteiger partial charge in [-0.05, 0) is 25.9 Å². The fourth-order valence-electron chi connectivity index (χ4n) is 1.60. The standard InChI is InChI=1S/C9H21N3O3S/c1-2-11-16(13,14)12-7-8-15-9-3-5-10-6-4-9/h9-12H,2-8H2,1H3. The summed E-state index contributed by atoms with van der Waals surface area (Å²) in [5.74, 6) is 0. The van der Waals surface area contributed by atoms with E-state index in [0.717, 1.165) is 25.9 Å². The number of piperidine rings is 1. The molecule has 0 atom stereocenters. The third-order valence-corrected chi connectivity index (χ3v) is 3.62. The molecule has 1 saturated heterocycles. The topological polar surface area (TPSA) is 79.5 Å². The summed E-state index contributed by atoms with van der Waals surface area (Å²) in [6.45, 7) is 4.84. The Balaban J connectivity index is 2.06. The van der Waals surface area contributed by atoms with Crippen molar-refractivity contribution in [1.82, 2.24) is 14.8 Å². The van der Waals surface area contributed by atoms with E-state index < -0.39 is 10.2 Å². The van der Waals surface area contributed by atoms with Crippen molar-refractivity contribution in [3.8, 4) is 0 Å². The van der Waals surface area contributed by atoms with Gasteiger partial charge in [-0.25, -0.2) is 4.72 Å². The van der Waals surface area contributed by atoms with Gasteiger partial charge in [-0.2, -0.15) is 13.1 Å². The molecule has 7 heteroatoms. The highest BCUT2D eigenvalue weighted by atomic mass is 32.2. The fourth-order valence-corrected chi connectivity index (χ4v) is 2.44. The van der Waals surface area contributed by atoms with E-state index in [1.54, 1.807) is 6.92 Å². The number of hydrogen-bond donors (Lipinski definition) is 3. The molecule has 1 aliphatic rings. The van der Waals surface area contributed by atoms with Gasteiger partial charge in [0.1, 0.15) is 0 Å². The monoisotopic (exact) mass is 251 g/mol. The van der Waals surface area contributed by atoms with E-state index in [4.69, 9.17) is 4.74 Å². The van der Waals surface area contributed by atoms with Gasteiger partial charge in [0, 0.05) is 13.1 Å². The minimum absolute atomic E-state index is 0.268. The summed E-state index contributed by atoms with van der Waals surface area (Å²) in [5.41, 5.74) is 0. The van der Waals surface area contributed by atoms with Crippen LogP contribution in [0.2, 0.25) is 0 Å². The highest BCUT2D eigenvalue weighted by Crippen LogP contribution is 2.06. The van der Waals surface area contributed by atoms with Crippen LogP contribution in [0.15, 0.2) is 0 Å². The molecule has 0 amide bonds. The van der Waals surface area contributed by atoms with Crippen molar-refractivity contribution in [2.45, 2.75) is 25.9 Å². The second-order valence-electron chi connectivity index (χ2n) is 3.72. The highest BCUT2D eigenvalue weighted by molar-refractivity contribution is 7.87. The second kappa shape index (κ2) is 7.18. The van der Waals surface area contributed by atoms with Gasteiger partial charge >= 0.3 is 0 Å². The Labute approximate surface area is 97.3 Å². The quantitative estimate of drug-likeness (QED) is 0.518. The first kappa shape index (κ1) is 13.9. The van der Waals surface area contributed by atoms with Gasteiger partial charge in [-0.1, -0.05) is 6.92 Å². The summed E-state index contributed by atoms with van der Waals surface area (Å²) in [6, 6.07) is 0. The van der Waals surface area contributed by atoms with E-state index in [-0.39, 0.29) is 6.10 Å². The van der Waals surface area contributed by atoms with Crippen LogP contribution >= 0.6 is 0 Å². The molecule has 0 aromatic heterocycles. The summed E-state index contributed by atoms with van der Waals surface area (Å²) in [4.78, 5) is 0. The van der Waals surface area contributed by atoms with Crippen molar-refractivity contribution in [3.05, 3.63) is 0 Å². The minimum atomic E-state index is -3.33. The Kier molecular flexibility index (Phi) is 6.22. The third kappa shape index (κ3) is 5.76. The van der Waals surface area contributed by atoms with E-state index in [0.29, 0.717) is 19.7 Å². The van der Waals surface area contributed by atoms with Gasteiger partial charge in [-0.15, -0.1) is 0 Å². The van der Waals surface area contributed by atoms with E-state index in [9.17, 15) is 8.42 Å². The molecular formula is C9H21N3O3S. The van der Waals surface area contributed by atoms with Crippen LogP contribution in [-0.2, 0) is 14.9 Å². The second-order valence-corrected chi connectivity index (χ2v) is 5.30. The van der Waals surface area contributed by atoms with Crippen molar-refractivity contribution in [3.63, 3.8) is 0 Å². The molecular weight excluding hydrogens is 230 g/mol. The van der Waals surface area contributed by atoms with Crippen molar-refractivity contribution in [2.24, 2.45) is 0 Å². The smallest absolute Gasteiger partial charge is 0.276 e. The first-order valence-corrected chi connectivity index (χ1v) is 7.19. The Morgan fingerprint density at radius 2 is 2.00 bits per heavy atom. The number of nitrogens with one attached hydrogen (secondary N) is 3. The van der Waals surface area contributed by atoms with Crippen molar-refractivity contribution >= 4 is 10.2 Å². The third-order valence-electron chi connectivity index (χ3n) is 2.37. The minimum Gasteiger partial charge on any atom is -0.377 e. The largest absolute Gasteiger partial charge is 0.377 e. The molecule has 0 aromatic carbocycles. The molecule has 16 heavy (non-hydrogen) atoms. The molecule has 1 fully saturated rings. The average Bonchev–Trinajstić information content (AvgIpc) is 2.26. The Hall–Kier alpha value is -0.210. The van der Waals surface area contributed by atoms with Crippen molar-refractivity contribution < 1.29 is 13.2 Å². The van der Waals surface area contributed by atoms with Crippen LogP contribution in [0.3, 0.4) is 0 Å². The fraction of sp³-hybridized carbons (Fsp3) is 1.00. The van der Waals surface area contributed by atoms with Gasteiger partial charge in [0.05, 0.1) is 12.7 Å². The summed E-state index contributed by atoms with van der Waals surface area (Å²) in [5, 5.41) is 3.24. The predicted molar refractivity (Wildman–Crippen MR) is 62.4 cm³/mol. The first-order chi connectivity index (χ1) is 7.64. The lowest BCUT2D eigenvalue weighted by molar-refractivity contribution is 0.0366. The molecule has 0 radical (unpaired) electrons. The van der Waals surface area contributed by atoms with Crippen LogP contribution in [0.5, 0.6) is 0 Å². The van der Waals surface area contributed by atoms with Crippen LogP contribution < -0.4 is 14.8 Å². The molecule has 1 heterocycles. The molecule has 1 rings (SSSR count). The van der Waals surface area contributed by atoms with E-state index in [1.807, 2.05) is 0 Å². The van der Waals surface area contributed by atoms with Crippen molar-refractivity contribution in [1.29, 1.82) is 0 Å². The van der Waals surface area contributed by atoms with Gasteiger partial charge in [0.25, 0.3) is 10.2 Å². The maximum absolute atomic E-state index is 11.2. The van der Waals surface area contributed by atoms with Crippen molar-refractivity contribution in [2.75, 3.05) is 32.8 Å². The van der Waals surface area contributed by atoms with Gasteiger partial charge in [0.15, 0.2) is 0 Å². The Morgan fingerprint density at radius 3 is 2.62 bits per heavy atom. The molecule has 3 N–H and O–H groups in total. The van der Waals surface area contributed by atoms with Crippen LogP contribution in [0.25, 0.3) is 0 Å². The van der Waals surface area contributed by atoms with Crippen LogP contribution in [0.1, 0.15) is 19.8 Å². The molecule has 0 saturated carbocycles. The zero-order valence-electron chi connectivity index (χ0n) is 9.66. The number of rotatable bonds is 7. The molecule has 0 unspecified atom stereocenters. The Bertz CT molecular complexity index is 276.